The topological polar surface area (TPSA) is 64.1 Å². The average molecular weight is 349 g/mol. The van der Waals surface area contributed by atoms with Crippen molar-refractivity contribution in [2.24, 2.45) is 0 Å². The minimum absolute atomic E-state index is 0.0219. The van der Waals surface area contributed by atoms with Crippen LogP contribution in [-0.4, -0.2) is 22.5 Å². The van der Waals surface area contributed by atoms with E-state index < -0.39 is 11.7 Å². The number of hydrogen-bond acceptors (Lipinski definition) is 4. The second kappa shape index (κ2) is 8.08. The standard InChI is InChI=1S/C20H16FN3O2/c1-2-3-12-26-18-8-4-6-14(19(18)21)13-23-20(25)17-10-9-15-16(24-17)7-5-11-22-15/h4-11H,12-13H2,1H3,(H,23,25). The summed E-state index contributed by atoms with van der Waals surface area (Å²) in [7, 11) is 0. The third-order valence-corrected chi connectivity index (χ3v) is 3.65. The Morgan fingerprint density at radius 1 is 1.19 bits per heavy atom. The molecule has 0 aliphatic heterocycles. The molecule has 0 aliphatic rings. The van der Waals surface area contributed by atoms with Crippen LogP contribution >= 0.6 is 0 Å². The zero-order chi connectivity index (χ0) is 18.4. The Morgan fingerprint density at radius 2 is 2.08 bits per heavy atom. The lowest BCUT2D eigenvalue weighted by Gasteiger charge is -2.10. The Labute approximate surface area is 150 Å². The van der Waals surface area contributed by atoms with Gasteiger partial charge in [0.2, 0.25) is 0 Å². The normalized spacial score (nSPS) is 10.1. The average Bonchev–Trinajstić information content (AvgIpc) is 2.68. The van der Waals surface area contributed by atoms with Gasteiger partial charge in [-0.3, -0.25) is 9.78 Å². The Hall–Kier alpha value is -3.46. The number of carbonyl (C=O) groups is 1. The molecule has 0 saturated carbocycles. The van der Waals surface area contributed by atoms with Crippen LogP contribution in [0.15, 0.2) is 48.7 Å². The predicted octanol–water partition coefficient (Wildman–Crippen LogP) is 3.10. The molecule has 0 aliphatic carbocycles. The van der Waals surface area contributed by atoms with Crippen LogP contribution in [0.2, 0.25) is 0 Å². The number of rotatable bonds is 5. The number of amides is 1. The Balaban J connectivity index is 1.70. The summed E-state index contributed by atoms with van der Waals surface area (Å²) in [4.78, 5) is 20.7. The summed E-state index contributed by atoms with van der Waals surface area (Å²) >= 11 is 0. The van der Waals surface area contributed by atoms with Crippen molar-refractivity contribution in [1.82, 2.24) is 15.3 Å². The highest BCUT2D eigenvalue weighted by molar-refractivity contribution is 5.94. The Kier molecular flexibility index (Phi) is 5.40. The molecule has 26 heavy (non-hydrogen) atoms. The van der Waals surface area contributed by atoms with Gasteiger partial charge in [0.05, 0.1) is 11.0 Å². The lowest BCUT2D eigenvalue weighted by Crippen LogP contribution is -2.24. The van der Waals surface area contributed by atoms with Crippen molar-refractivity contribution >= 4 is 16.9 Å². The van der Waals surface area contributed by atoms with Crippen molar-refractivity contribution in [2.45, 2.75) is 13.5 Å². The Morgan fingerprint density at radius 3 is 2.92 bits per heavy atom. The molecule has 6 heteroatoms. The number of hydrogen-bond donors (Lipinski definition) is 1. The summed E-state index contributed by atoms with van der Waals surface area (Å²) < 4.78 is 19.7. The number of ether oxygens (including phenoxy) is 1. The van der Waals surface area contributed by atoms with Gasteiger partial charge in [-0.25, -0.2) is 9.37 Å². The maximum Gasteiger partial charge on any atom is 0.270 e. The highest BCUT2D eigenvalue weighted by Gasteiger charge is 2.12. The van der Waals surface area contributed by atoms with E-state index in [0.29, 0.717) is 16.6 Å². The van der Waals surface area contributed by atoms with Gasteiger partial charge in [0, 0.05) is 18.3 Å². The third kappa shape index (κ3) is 3.95. The first kappa shape index (κ1) is 17.4. The lowest BCUT2D eigenvalue weighted by atomic mass is 10.2. The summed E-state index contributed by atoms with van der Waals surface area (Å²) in [6.07, 6.45) is 1.66. The molecular formula is C20H16FN3O2. The summed E-state index contributed by atoms with van der Waals surface area (Å²) in [5.41, 5.74) is 1.90. The first-order valence-electron chi connectivity index (χ1n) is 7.99. The zero-order valence-electron chi connectivity index (χ0n) is 14.1. The van der Waals surface area contributed by atoms with E-state index in [-0.39, 0.29) is 24.6 Å². The molecule has 5 nitrogen and oxygen atoms in total. The van der Waals surface area contributed by atoms with Crippen molar-refractivity contribution in [1.29, 1.82) is 0 Å². The minimum Gasteiger partial charge on any atom is -0.478 e. The maximum absolute atomic E-state index is 14.4. The number of halogens is 1. The smallest absolute Gasteiger partial charge is 0.270 e. The largest absolute Gasteiger partial charge is 0.478 e. The van der Waals surface area contributed by atoms with Gasteiger partial charge >= 0.3 is 0 Å². The molecule has 0 bridgehead atoms. The first-order chi connectivity index (χ1) is 12.7. The molecule has 130 valence electrons. The van der Waals surface area contributed by atoms with E-state index in [1.54, 1.807) is 49.5 Å². The van der Waals surface area contributed by atoms with Crippen LogP contribution < -0.4 is 10.1 Å². The molecule has 3 aromatic rings. The van der Waals surface area contributed by atoms with E-state index >= 15 is 0 Å². The summed E-state index contributed by atoms with van der Waals surface area (Å²) in [5.74, 6) is 4.59. The molecular weight excluding hydrogens is 333 g/mol. The molecule has 2 aromatic heterocycles. The maximum atomic E-state index is 14.4. The predicted molar refractivity (Wildman–Crippen MR) is 96.1 cm³/mol. The van der Waals surface area contributed by atoms with Crippen LogP contribution in [0.1, 0.15) is 23.0 Å². The highest BCUT2D eigenvalue weighted by atomic mass is 19.1. The van der Waals surface area contributed by atoms with Crippen molar-refractivity contribution in [3.05, 3.63) is 65.7 Å². The number of benzene rings is 1. The fraction of sp³-hybridized carbons (Fsp3) is 0.150. The third-order valence-electron chi connectivity index (χ3n) is 3.65. The van der Waals surface area contributed by atoms with Gasteiger partial charge in [-0.1, -0.05) is 18.1 Å². The van der Waals surface area contributed by atoms with Crippen molar-refractivity contribution in [3.63, 3.8) is 0 Å². The van der Waals surface area contributed by atoms with E-state index in [9.17, 15) is 9.18 Å². The first-order valence-corrected chi connectivity index (χ1v) is 7.99. The second-order valence-corrected chi connectivity index (χ2v) is 5.37. The van der Waals surface area contributed by atoms with Crippen LogP contribution in [0, 0.1) is 17.7 Å². The van der Waals surface area contributed by atoms with Crippen LogP contribution in [0.5, 0.6) is 5.75 Å². The molecule has 0 unspecified atom stereocenters. The van der Waals surface area contributed by atoms with Gasteiger partial charge < -0.3 is 10.1 Å². The summed E-state index contributed by atoms with van der Waals surface area (Å²) in [6, 6.07) is 11.6. The van der Waals surface area contributed by atoms with Crippen LogP contribution in [0.4, 0.5) is 4.39 Å². The molecule has 1 N–H and O–H groups in total. The quantitative estimate of drug-likeness (QED) is 0.719. The van der Waals surface area contributed by atoms with Crippen LogP contribution in [-0.2, 0) is 6.54 Å². The summed E-state index contributed by atoms with van der Waals surface area (Å²) in [6.45, 7) is 1.81. The number of carbonyl (C=O) groups excluding carboxylic acids is 1. The van der Waals surface area contributed by atoms with Gasteiger partial charge in [-0.15, -0.1) is 5.92 Å². The molecule has 2 heterocycles. The fourth-order valence-electron chi connectivity index (χ4n) is 2.34. The van der Waals surface area contributed by atoms with Gasteiger partial charge in [-0.2, -0.15) is 0 Å². The number of pyridine rings is 2. The van der Waals surface area contributed by atoms with Crippen molar-refractivity contribution in [2.75, 3.05) is 6.61 Å². The molecule has 1 aromatic carbocycles. The van der Waals surface area contributed by atoms with E-state index in [0.717, 1.165) is 0 Å². The number of fused-ring (bicyclic) bond motifs is 1. The van der Waals surface area contributed by atoms with Gasteiger partial charge in [0.1, 0.15) is 12.3 Å². The lowest BCUT2D eigenvalue weighted by molar-refractivity contribution is 0.0946. The number of nitrogens with zero attached hydrogens (tertiary/aromatic N) is 2. The number of nitrogens with one attached hydrogen (secondary N) is 1. The minimum atomic E-state index is -0.513. The SMILES string of the molecule is CC#CCOc1cccc(CNC(=O)c2ccc3ncccc3n2)c1F. The zero-order valence-corrected chi connectivity index (χ0v) is 14.1. The van der Waals surface area contributed by atoms with E-state index in [2.05, 4.69) is 27.1 Å². The monoisotopic (exact) mass is 349 g/mol. The van der Waals surface area contributed by atoms with Gasteiger partial charge in [-0.05, 0) is 37.3 Å². The van der Waals surface area contributed by atoms with Gasteiger partial charge in [0.15, 0.2) is 11.6 Å². The van der Waals surface area contributed by atoms with E-state index in [1.165, 1.54) is 6.07 Å². The fourth-order valence-corrected chi connectivity index (χ4v) is 2.34. The van der Waals surface area contributed by atoms with E-state index in [4.69, 9.17) is 4.74 Å². The van der Waals surface area contributed by atoms with E-state index in [1.807, 2.05) is 0 Å². The van der Waals surface area contributed by atoms with Crippen LogP contribution in [0.25, 0.3) is 11.0 Å². The molecule has 0 saturated heterocycles. The molecule has 0 radical (unpaired) electrons. The van der Waals surface area contributed by atoms with Crippen LogP contribution in [0.3, 0.4) is 0 Å². The molecule has 1 amide bonds. The molecule has 3 rings (SSSR count). The van der Waals surface area contributed by atoms with Crippen molar-refractivity contribution in [3.8, 4) is 17.6 Å². The highest BCUT2D eigenvalue weighted by Crippen LogP contribution is 2.20. The molecule has 0 atom stereocenters. The number of aromatic nitrogens is 2. The Bertz CT molecular complexity index is 1010. The van der Waals surface area contributed by atoms with Crippen molar-refractivity contribution < 1.29 is 13.9 Å². The second-order valence-electron chi connectivity index (χ2n) is 5.37. The summed E-state index contributed by atoms with van der Waals surface area (Å²) in [5, 5.41) is 2.67. The molecule has 0 spiro atoms. The van der Waals surface area contributed by atoms with Gasteiger partial charge in [0.25, 0.3) is 5.91 Å². The molecule has 0 fully saturated rings.